The van der Waals surface area contributed by atoms with E-state index in [1.807, 2.05) is 36.4 Å². The minimum Gasteiger partial charge on any atom is -0.338 e. The maximum Gasteiger partial charge on any atom is 0.161 e. The third-order valence-corrected chi connectivity index (χ3v) is 4.71. The van der Waals surface area contributed by atoms with Gasteiger partial charge >= 0.3 is 0 Å². The first-order valence-corrected chi connectivity index (χ1v) is 7.89. The number of allylic oxidation sites excluding steroid dienone is 4. The van der Waals surface area contributed by atoms with Crippen molar-refractivity contribution in [2.24, 2.45) is 0 Å². The zero-order chi connectivity index (χ0) is 15.2. The fourth-order valence-electron chi connectivity index (χ4n) is 2.46. The minimum absolute atomic E-state index is 0.712. The third kappa shape index (κ3) is 2.01. The van der Waals surface area contributed by atoms with Crippen molar-refractivity contribution in [2.75, 3.05) is 5.32 Å². The lowest BCUT2D eigenvalue weighted by Crippen LogP contribution is -1.95. The Balaban J connectivity index is 1.57. The van der Waals surface area contributed by atoms with Crippen LogP contribution in [0.2, 0.25) is 0 Å². The Bertz CT molecular complexity index is 1100. The van der Waals surface area contributed by atoms with Crippen LogP contribution >= 0.6 is 11.3 Å². The van der Waals surface area contributed by atoms with E-state index in [4.69, 9.17) is 0 Å². The van der Waals surface area contributed by atoms with Gasteiger partial charge in [-0.15, -0.1) is 0 Å². The van der Waals surface area contributed by atoms with Crippen molar-refractivity contribution in [3.8, 4) is 0 Å². The van der Waals surface area contributed by atoms with E-state index >= 15 is 0 Å². The fourth-order valence-corrected chi connectivity index (χ4v) is 3.37. The van der Waals surface area contributed by atoms with Gasteiger partial charge in [0.15, 0.2) is 5.82 Å². The lowest BCUT2D eigenvalue weighted by atomic mass is 10.1. The Hall–Kier alpha value is -3.06. The van der Waals surface area contributed by atoms with Crippen LogP contribution < -0.4 is 5.32 Å². The molecule has 0 aliphatic heterocycles. The van der Waals surface area contributed by atoms with E-state index in [1.165, 1.54) is 0 Å². The van der Waals surface area contributed by atoms with Gasteiger partial charge in [0.25, 0.3) is 0 Å². The van der Waals surface area contributed by atoms with Crippen LogP contribution in [-0.4, -0.2) is 25.1 Å². The molecule has 0 bridgehead atoms. The summed E-state index contributed by atoms with van der Waals surface area (Å²) in [6.45, 7) is 0. The number of aromatic nitrogens is 5. The number of thiazole rings is 1. The van der Waals surface area contributed by atoms with Gasteiger partial charge in [0, 0.05) is 16.6 Å². The molecule has 0 unspecified atom stereocenters. The molecule has 0 atom stereocenters. The number of nitrogens with one attached hydrogen (secondary N) is 2. The SMILES string of the molecule is C1=CC(c2nc3c(Nc4ccc5[nH]ncc5c4)ncnc3s2)=C1. The second kappa shape index (κ2) is 4.72. The quantitative estimate of drug-likeness (QED) is 0.602. The van der Waals surface area contributed by atoms with Gasteiger partial charge in [-0.05, 0) is 18.2 Å². The molecule has 3 heterocycles. The molecule has 23 heavy (non-hydrogen) atoms. The first-order valence-electron chi connectivity index (χ1n) is 7.07. The van der Waals surface area contributed by atoms with E-state index in [-0.39, 0.29) is 0 Å². The molecule has 6 nitrogen and oxygen atoms in total. The molecule has 1 aliphatic rings. The molecule has 0 amide bonds. The Morgan fingerprint density at radius 3 is 3.00 bits per heavy atom. The first-order chi connectivity index (χ1) is 11.4. The highest BCUT2D eigenvalue weighted by Crippen LogP contribution is 2.32. The van der Waals surface area contributed by atoms with Crippen molar-refractivity contribution in [2.45, 2.75) is 0 Å². The number of aromatic amines is 1. The molecule has 110 valence electrons. The number of anilines is 2. The van der Waals surface area contributed by atoms with Crippen LogP contribution in [0, 0.1) is 0 Å². The standard InChI is InChI=1S/C16H10N6S/c1-2-9(3-1)15-21-13-14(17-8-18-16(13)23-15)20-11-4-5-12-10(6-11)7-19-22-12/h1-8H,(H,19,22)(H,17,18,20). The predicted molar refractivity (Wildman–Crippen MR) is 91.7 cm³/mol. The molecule has 0 spiro atoms. The highest BCUT2D eigenvalue weighted by Gasteiger charge is 2.14. The number of fused-ring (bicyclic) bond motifs is 2. The topological polar surface area (TPSA) is 79.4 Å². The summed E-state index contributed by atoms with van der Waals surface area (Å²) in [6.07, 6.45) is 9.46. The van der Waals surface area contributed by atoms with Crippen molar-refractivity contribution in [3.63, 3.8) is 0 Å². The molecule has 0 radical (unpaired) electrons. The number of benzene rings is 1. The molecule has 4 aromatic rings. The van der Waals surface area contributed by atoms with Gasteiger partial charge in [0.1, 0.15) is 21.7 Å². The second-order valence-electron chi connectivity index (χ2n) is 5.17. The molecular formula is C16H10N6S. The van der Waals surface area contributed by atoms with Gasteiger partial charge in [-0.2, -0.15) is 5.10 Å². The zero-order valence-electron chi connectivity index (χ0n) is 11.8. The van der Waals surface area contributed by atoms with E-state index in [2.05, 4.69) is 30.5 Å². The summed E-state index contributed by atoms with van der Waals surface area (Å²) < 4.78 is 0. The molecule has 0 saturated carbocycles. The lowest BCUT2D eigenvalue weighted by molar-refractivity contribution is 1.12. The maximum absolute atomic E-state index is 4.68. The zero-order valence-corrected chi connectivity index (χ0v) is 12.6. The average Bonchev–Trinajstić information content (AvgIpc) is 3.11. The Morgan fingerprint density at radius 1 is 1.17 bits per heavy atom. The van der Waals surface area contributed by atoms with Gasteiger partial charge in [-0.3, -0.25) is 5.10 Å². The van der Waals surface area contributed by atoms with Crippen molar-refractivity contribution >= 4 is 49.7 Å². The van der Waals surface area contributed by atoms with Crippen molar-refractivity contribution in [1.82, 2.24) is 25.1 Å². The third-order valence-electron chi connectivity index (χ3n) is 3.70. The largest absolute Gasteiger partial charge is 0.338 e. The summed E-state index contributed by atoms with van der Waals surface area (Å²) >= 11 is 1.57. The van der Waals surface area contributed by atoms with Gasteiger partial charge < -0.3 is 5.32 Å². The van der Waals surface area contributed by atoms with Gasteiger partial charge in [0.05, 0.1) is 11.7 Å². The first kappa shape index (κ1) is 12.5. The number of H-pyrrole nitrogens is 1. The van der Waals surface area contributed by atoms with Crippen LogP contribution in [0.3, 0.4) is 0 Å². The van der Waals surface area contributed by atoms with Crippen molar-refractivity contribution in [1.29, 1.82) is 0 Å². The summed E-state index contributed by atoms with van der Waals surface area (Å²) in [5.74, 6) is 0.712. The maximum atomic E-state index is 4.68. The van der Waals surface area contributed by atoms with Crippen molar-refractivity contribution < 1.29 is 0 Å². The van der Waals surface area contributed by atoms with Crippen LogP contribution in [-0.2, 0) is 0 Å². The molecule has 7 heteroatoms. The Labute approximate surface area is 134 Å². The lowest BCUT2D eigenvalue weighted by Gasteiger charge is -2.05. The number of hydrogen-bond acceptors (Lipinski definition) is 6. The molecule has 0 fully saturated rings. The van der Waals surface area contributed by atoms with E-state index in [0.717, 1.165) is 37.5 Å². The van der Waals surface area contributed by atoms with Gasteiger partial charge in [0.2, 0.25) is 0 Å². The van der Waals surface area contributed by atoms with E-state index in [9.17, 15) is 0 Å². The normalized spacial score (nSPS) is 13.3. The molecule has 2 N–H and O–H groups in total. The van der Waals surface area contributed by atoms with E-state index in [1.54, 1.807) is 23.9 Å². The summed E-state index contributed by atoms with van der Waals surface area (Å²) in [4.78, 5) is 14.2. The second-order valence-corrected chi connectivity index (χ2v) is 6.15. The van der Waals surface area contributed by atoms with Crippen LogP contribution in [0.4, 0.5) is 11.5 Å². The van der Waals surface area contributed by atoms with E-state index in [0.29, 0.717) is 5.82 Å². The Kier molecular flexibility index (Phi) is 2.56. The summed E-state index contributed by atoms with van der Waals surface area (Å²) in [5, 5.41) is 12.3. The number of hydrogen-bond donors (Lipinski definition) is 2. The molecular weight excluding hydrogens is 308 g/mol. The summed E-state index contributed by atoms with van der Waals surface area (Å²) in [7, 11) is 0. The van der Waals surface area contributed by atoms with Crippen LogP contribution in [0.1, 0.15) is 5.01 Å². The molecule has 1 aromatic carbocycles. The number of nitrogens with zero attached hydrogens (tertiary/aromatic N) is 4. The Morgan fingerprint density at radius 2 is 2.13 bits per heavy atom. The van der Waals surface area contributed by atoms with E-state index < -0.39 is 0 Å². The highest BCUT2D eigenvalue weighted by atomic mass is 32.1. The fraction of sp³-hybridized carbons (Fsp3) is 0. The number of rotatable bonds is 3. The van der Waals surface area contributed by atoms with Crippen LogP contribution in [0.15, 0.2) is 49.0 Å². The summed E-state index contributed by atoms with van der Waals surface area (Å²) in [6, 6.07) is 6.00. The van der Waals surface area contributed by atoms with Gasteiger partial charge in [-0.1, -0.05) is 29.6 Å². The molecule has 3 aromatic heterocycles. The smallest absolute Gasteiger partial charge is 0.161 e. The van der Waals surface area contributed by atoms with Gasteiger partial charge in [-0.25, -0.2) is 15.0 Å². The van der Waals surface area contributed by atoms with Crippen molar-refractivity contribution in [3.05, 3.63) is 54.0 Å². The van der Waals surface area contributed by atoms with Crippen LogP contribution in [0.25, 0.3) is 26.8 Å². The highest BCUT2D eigenvalue weighted by molar-refractivity contribution is 7.19. The average molecular weight is 318 g/mol. The van der Waals surface area contributed by atoms with Crippen LogP contribution in [0.5, 0.6) is 0 Å². The monoisotopic (exact) mass is 318 g/mol. The molecule has 1 aliphatic carbocycles. The summed E-state index contributed by atoms with van der Waals surface area (Å²) in [5.41, 5.74) is 3.87. The predicted octanol–water partition coefficient (Wildman–Crippen LogP) is 3.66. The molecule has 5 rings (SSSR count). The minimum atomic E-state index is 0.712. The molecule has 0 saturated heterocycles.